The van der Waals surface area contributed by atoms with Crippen LogP contribution in [0.1, 0.15) is 57.4 Å². The molecule has 1 aliphatic heterocycles. The van der Waals surface area contributed by atoms with Crippen LogP contribution in [0.15, 0.2) is 29.5 Å². The van der Waals surface area contributed by atoms with Crippen molar-refractivity contribution in [3.05, 3.63) is 46.2 Å². The summed E-state index contributed by atoms with van der Waals surface area (Å²) >= 11 is 0. The lowest BCUT2D eigenvalue weighted by Gasteiger charge is -2.34. The fourth-order valence-corrected chi connectivity index (χ4v) is 3.79. The van der Waals surface area contributed by atoms with E-state index in [4.69, 9.17) is 4.74 Å². The molecule has 1 aliphatic rings. The molecule has 6 heteroatoms. The Hall–Kier alpha value is -2.34. The predicted molar refractivity (Wildman–Crippen MR) is 110 cm³/mol. The second kappa shape index (κ2) is 9.24. The smallest absolute Gasteiger partial charge is 0.338 e. The summed E-state index contributed by atoms with van der Waals surface area (Å²) in [6.45, 7) is 15.2. The molecular weight excluding hydrogens is 354 g/mol. The fourth-order valence-electron chi connectivity index (χ4n) is 3.79. The van der Waals surface area contributed by atoms with Crippen LogP contribution in [-0.4, -0.2) is 37.2 Å². The summed E-state index contributed by atoms with van der Waals surface area (Å²) in [5.74, 6) is -0.386. The Labute approximate surface area is 168 Å². The number of esters is 1. The van der Waals surface area contributed by atoms with Crippen LogP contribution in [-0.2, 0) is 9.53 Å². The number of carbonyl (C=O) groups is 2. The standard InChI is InChI=1S/C22H33N3O3/c1-8-28-21(26)19-18(12-25(13(2)3)14(4)5)23-22(27)24-20(19)17-11-15(6)9-10-16(17)7/h9-11,13-14,20H,8,12H2,1-7H3,(H2,23,24,27)/p+1/t20-/m0/s1. The zero-order valence-electron chi connectivity index (χ0n) is 18.1. The molecule has 1 atom stereocenters. The number of quaternary nitrogens is 1. The third kappa shape index (κ3) is 4.93. The van der Waals surface area contributed by atoms with Gasteiger partial charge in [0, 0.05) is 0 Å². The summed E-state index contributed by atoms with van der Waals surface area (Å²) in [5, 5.41) is 5.82. The Kier molecular flexibility index (Phi) is 7.24. The summed E-state index contributed by atoms with van der Waals surface area (Å²) in [5.41, 5.74) is 4.16. The lowest BCUT2D eigenvalue weighted by molar-refractivity contribution is -0.938. The average molecular weight is 389 g/mol. The van der Waals surface area contributed by atoms with E-state index in [1.807, 2.05) is 32.0 Å². The Bertz CT molecular complexity index is 760. The highest BCUT2D eigenvalue weighted by atomic mass is 16.5. The van der Waals surface area contributed by atoms with Gasteiger partial charge in [0.1, 0.15) is 6.54 Å². The van der Waals surface area contributed by atoms with Gasteiger partial charge in [-0.1, -0.05) is 23.8 Å². The van der Waals surface area contributed by atoms with Gasteiger partial charge in [-0.3, -0.25) is 0 Å². The zero-order chi connectivity index (χ0) is 21.0. The molecule has 0 aromatic heterocycles. The van der Waals surface area contributed by atoms with E-state index in [-0.39, 0.29) is 18.6 Å². The van der Waals surface area contributed by atoms with Crippen LogP contribution in [0.5, 0.6) is 0 Å². The number of amides is 2. The largest absolute Gasteiger partial charge is 0.463 e. The third-order valence-electron chi connectivity index (χ3n) is 5.26. The number of aryl methyl sites for hydroxylation is 2. The summed E-state index contributed by atoms with van der Waals surface area (Å²) < 4.78 is 5.37. The quantitative estimate of drug-likeness (QED) is 0.627. The van der Waals surface area contributed by atoms with Crippen LogP contribution >= 0.6 is 0 Å². The maximum Gasteiger partial charge on any atom is 0.338 e. The van der Waals surface area contributed by atoms with Crippen molar-refractivity contribution in [1.82, 2.24) is 10.6 Å². The Balaban J connectivity index is 2.60. The molecule has 154 valence electrons. The van der Waals surface area contributed by atoms with E-state index >= 15 is 0 Å². The number of benzene rings is 1. The van der Waals surface area contributed by atoms with Gasteiger partial charge in [0.15, 0.2) is 0 Å². The van der Waals surface area contributed by atoms with Gasteiger partial charge in [0.2, 0.25) is 0 Å². The van der Waals surface area contributed by atoms with Crippen LogP contribution in [0.25, 0.3) is 0 Å². The minimum absolute atomic E-state index is 0.286. The monoisotopic (exact) mass is 388 g/mol. The highest BCUT2D eigenvalue weighted by Crippen LogP contribution is 2.30. The van der Waals surface area contributed by atoms with Gasteiger partial charge in [-0.15, -0.1) is 0 Å². The molecule has 2 rings (SSSR count). The number of carbonyl (C=O) groups excluding carboxylic acids is 2. The molecule has 2 amide bonds. The maximum absolute atomic E-state index is 12.9. The van der Waals surface area contributed by atoms with Crippen LogP contribution in [0.3, 0.4) is 0 Å². The van der Waals surface area contributed by atoms with Crippen LogP contribution in [0.4, 0.5) is 4.79 Å². The lowest BCUT2D eigenvalue weighted by atomic mass is 9.90. The van der Waals surface area contributed by atoms with Gasteiger partial charge in [0.25, 0.3) is 0 Å². The first-order valence-corrected chi connectivity index (χ1v) is 10.1. The molecule has 0 unspecified atom stereocenters. The average Bonchev–Trinajstić information content (AvgIpc) is 2.60. The van der Waals surface area contributed by atoms with Gasteiger partial charge >= 0.3 is 12.0 Å². The highest BCUT2D eigenvalue weighted by molar-refractivity contribution is 5.95. The van der Waals surface area contributed by atoms with Crippen molar-refractivity contribution in [2.75, 3.05) is 13.2 Å². The number of hydrogen-bond donors (Lipinski definition) is 3. The second-order valence-corrected chi connectivity index (χ2v) is 8.07. The van der Waals surface area contributed by atoms with Gasteiger partial charge in [-0.2, -0.15) is 0 Å². The van der Waals surface area contributed by atoms with E-state index in [0.717, 1.165) is 16.7 Å². The molecule has 0 saturated heterocycles. The molecular formula is C22H34N3O3+. The summed E-state index contributed by atoms with van der Waals surface area (Å²) in [6.07, 6.45) is 0. The summed E-state index contributed by atoms with van der Waals surface area (Å²) in [4.78, 5) is 26.7. The van der Waals surface area contributed by atoms with Crippen molar-refractivity contribution in [3.8, 4) is 0 Å². The molecule has 0 aliphatic carbocycles. The van der Waals surface area contributed by atoms with Crippen molar-refractivity contribution in [3.63, 3.8) is 0 Å². The van der Waals surface area contributed by atoms with Crippen molar-refractivity contribution < 1.29 is 19.2 Å². The van der Waals surface area contributed by atoms with Gasteiger partial charge < -0.3 is 20.3 Å². The third-order valence-corrected chi connectivity index (χ3v) is 5.26. The summed E-state index contributed by atoms with van der Waals surface area (Å²) in [7, 11) is 0. The van der Waals surface area contributed by atoms with Crippen molar-refractivity contribution in [1.29, 1.82) is 0 Å². The van der Waals surface area contributed by atoms with Gasteiger partial charge in [-0.25, -0.2) is 9.59 Å². The SMILES string of the molecule is CCOC(=O)C1=C(C[NH+](C(C)C)C(C)C)NC(=O)N[C@H]1c1cc(C)ccc1C. The first-order chi connectivity index (χ1) is 13.1. The molecule has 0 radical (unpaired) electrons. The minimum Gasteiger partial charge on any atom is -0.463 e. The Morgan fingerprint density at radius 2 is 1.82 bits per heavy atom. The second-order valence-electron chi connectivity index (χ2n) is 8.07. The molecule has 0 spiro atoms. The fraction of sp³-hybridized carbons (Fsp3) is 0.545. The molecule has 28 heavy (non-hydrogen) atoms. The van der Waals surface area contributed by atoms with E-state index in [1.165, 1.54) is 4.90 Å². The first-order valence-electron chi connectivity index (χ1n) is 10.1. The summed E-state index contributed by atoms with van der Waals surface area (Å²) in [6, 6.07) is 5.95. The Morgan fingerprint density at radius 1 is 1.18 bits per heavy atom. The molecule has 0 bridgehead atoms. The van der Waals surface area contributed by atoms with Gasteiger partial charge in [0.05, 0.1) is 36.0 Å². The predicted octanol–water partition coefficient (Wildman–Crippen LogP) is 2.18. The van der Waals surface area contributed by atoms with Crippen LogP contribution in [0.2, 0.25) is 0 Å². The van der Waals surface area contributed by atoms with Crippen molar-refractivity contribution >= 4 is 12.0 Å². The van der Waals surface area contributed by atoms with Gasteiger partial charge in [-0.05, 0) is 59.6 Å². The van der Waals surface area contributed by atoms with E-state index in [9.17, 15) is 9.59 Å². The normalized spacial score (nSPS) is 17.2. The van der Waals surface area contributed by atoms with Crippen molar-refractivity contribution in [2.24, 2.45) is 0 Å². The minimum atomic E-state index is -0.525. The molecule has 0 saturated carbocycles. The Morgan fingerprint density at radius 3 is 2.39 bits per heavy atom. The van der Waals surface area contributed by atoms with E-state index in [0.29, 0.717) is 29.9 Å². The molecule has 1 aromatic rings. The molecule has 1 heterocycles. The van der Waals surface area contributed by atoms with Crippen LogP contribution in [0, 0.1) is 13.8 Å². The van der Waals surface area contributed by atoms with E-state index in [1.54, 1.807) is 6.92 Å². The number of rotatable bonds is 7. The number of hydrogen-bond acceptors (Lipinski definition) is 3. The van der Waals surface area contributed by atoms with E-state index in [2.05, 4.69) is 38.3 Å². The topological polar surface area (TPSA) is 71.9 Å². The number of urea groups is 1. The number of ether oxygens (including phenoxy) is 1. The first kappa shape index (κ1) is 22.0. The number of nitrogens with one attached hydrogen (secondary N) is 3. The zero-order valence-corrected chi connectivity index (χ0v) is 18.1. The lowest BCUT2D eigenvalue weighted by Crippen LogP contribution is -3.18. The highest BCUT2D eigenvalue weighted by Gasteiger charge is 2.36. The van der Waals surface area contributed by atoms with Crippen molar-refractivity contribution in [2.45, 2.75) is 66.6 Å². The maximum atomic E-state index is 12.9. The van der Waals surface area contributed by atoms with Crippen LogP contribution < -0.4 is 15.5 Å². The molecule has 6 nitrogen and oxygen atoms in total. The van der Waals surface area contributed by atoms with E-state index < -0.39 is 6.04 Å². The molecule has 1 aromatic carbocycles. The molecule has 0 fully saturated rings. The molecule has 3 N–H and O–H groups in total.